The van der Waals surface area contributed by atoms with Crippen molar-refractivity contribution in [2.75, 3.05) is 0 Å². The largest absolute Gasteiger partial charge is 0.324 e. The Bertz CT molecular complexity index is 523. The molecule has 2 aromatic rings. The zero-order valence-corrected chi connectivity index (χ0v) is 11.0. The molecule has 0 aliphatic rings. The number of hydrogen-bond donors (Lipinski definition) is 1. The fraction of sp³-hybridized carbons (Fsp3) is 0.133. The van der Waals surface area contributed by atoms with Crippen molar-refractivity contribution in [1.82, 2.24) is 0 Å². The molecule has 0 aliphatic heterocycles. The van der Waals surface area contributed by atoms with Crippen molar-refractivity contribution < 1.29 is 4.79 Å². The van der Waals surface area contributed by atoms with Crippen molar-refractivity contribution in [2.24, 2.45) is 5.73 Å². The van der Waals surface area contributed by atoms with Crippen LogP contribution in [-0.4, -0.2) is 5.78 Å². The van der Waals surface area contributed by atoms with Gasteiger partial charge >= 0.3 is 0 Å². The second-order valence-corrected chi connectivity index (χ2v) is 4.11. The first-order valence-corrected chi connectivity index (χ1v) is 5.64. The van der Waals surface area contributed by atoms with E-state index < -0.39 is 0 Å². The highest BCUT2D eigenvalue weighted by Crippen LogP contribution is 2.15. The summed E-state index contributed by atoms with van der Waals surface area (Å²) in [5.41, 5.74) is 8.18. The van der Waals surface area contributed by atoms with Crippen molar-refractivity contribution in [3.8, 4) is 0 Å². The van der Waals surface area contributed by atoms with Crippen LogP contribution in [0.5, 0.6) is 0 Å². The third-order valence-corrected chi connectivity index (χ3v) is 2.71. The van der Waals surface area contributed by atoms with Crippen LogP contribution in [-0.2, 0) is 0 Å². The highest BCUT2D eigenvalue weighted by Gasteiger charge is 2.09. The normalized spacial score (nSPS) is 11.4. The van der Waals surface area contributed by atoms with Crippen LogP contribution in [0.1, 0.15) is 34.5 Å². The maximum Gasteiger partial charge on any atom is 0.193 e. The van der Waals surface area contributed by atoms with Gasteiger partial charge in [-0.2, -0.15) is 0 Å². The van der Waals surface area contributed by atoms with Crippen molar-refractivity contribution in [3.63, 3.8) is 0 Å². The average molecular weight is 262 g/mol. The number of hydrogen-bond acceptors (Lipinski definition) is 2. The van der Waals surface area contributed by atoms with Crippen LogP contribution in [0.2, 0.25) is 0 Å². The molecule has 18 heavy (non-hydrogen) atoms. The van der Waals surface area contributed by atoms with Crippen molar-refractivity contribution in [3.05, 3.63) is 71.3 Å². The number of ketones is 1. The summed E-state index contributed by atoms with van der Waals surface area (Å²) in [5.74, 6) is 0.0353. The van der Waals surface area contributed by atoms with Crippen LogP contribution < -0.4 is 5.73 Å². The molecule has 2 nitrogen and oxygen atoms in total. The van der Waals surface area contributed by atoms with Gasteiger partial charge in [-0.25, -0.2) is 0 Å². The Morgan fingerprint density at radius 3 is 2.22 bits per heavy atom. The molecule has 0 bridgehead atoms. The summed E-state index contributed by atoms with van der Waals surface area (Å²) in [6.07, 6.45) is 0. The first-order valence-electron chi connectivity index (χ1n) is 5.64. The molecule has 1 atom stereocenters. The number of nitrogens with two attached hydrogens (primary N) is 1. The molecule has 2 aromatic carbocycles. The highest BCUT2D eigenvalue weighted by molar-refractivity contribution is 6.09. The van der Waals surface area contributed by atoms with Gasteiger partial charge < -0.3 is 5.73 Å². The third-order valence-electron chi connectivity index (χ3n) is 2.71. The number of rotatable bonds is 3. The van der Waals surface area contributed by atoms with Crippen LogP contribution in [0.15, 0.2) is 54.6 Å². The van der Waals surface area contributed by atoms with E-state index in [1.54, 1.807) is 0 Å². The molecule has 0 amide bonds. The van der Waals surface area contributed by atoms with Gasteiger partial charge in [0.25, 0.3) is 0 Å². The summed E-state index contributed by atoms with van der Waals surface area (Å²) in [5, 5.41) is 0. The molecular weight excluding hydrogens is 246 g/mol. The van der Waals surface area contributed by atoms with E-state index in [1.165, 1.54) is 0 Å². The molecule has 2 N–H and O–H groups in total. The van der Waals surface area contributed by atoms with Gasteiger partial charge in [0.05, 0.1) is 0 Å². The predicted molar refractivity (Wildman–Crippen MR) is 76.2 cm³/mol. The van der Waals surface area contributed by atoms with Gasteiger partial charge in [0.2, 0.25) is 0 Å². The summed E-state index contributed by atoms with van der Waals surface area (Å²) in [7, 11) is 0. The van der Waals surface area contributed by atoms with E-state index in [2.05, 4.69) is 0 Å². The topological polar surface area (TPSA) is 43.1 Å². The molecule has 0 spiro atoms. The van der Waals surface area contributed by atoms with E-state index in [0.717, 1.165) is 5.56 Å². The van der Waals surface area contributed by atoms with Crippen molar-refractivity contribution >= 4 is 18.2 Å². The van der Waals surface area contributed by atoms with Gasteiger partial charge in [-0.15, -0.1) is 12.4 Å². The summed E-state index contributed by atoms with van der Waals surface area (Å²) < 4.78 is 0. The minimum Gasteiger partial charge on any atom is -0.324 e. The summed E-state index contributed by atoms with van der Waals surface area (Å²) in [6.45, 7) is 1.91. The molecule has 0 saturated heterocycles. The van der Waals surface area contributed by atoms with E-state index in [1.807, 2.05) is 61.5 Å². The molecular formula is C15H16ClNO. The quantitative estimate of drug-likeness (QED) is 0.861. The minimum atomic E-state index is -0.0569. The first kappa shape index (κ1) is 14.4. The predicted octanol–water partition coefficient (Wildman–Crippen LogP) is 3.36. The molecule has 2 rings (SSSR count). The van der Waals surface area contributed by atoms with Gasteiger partial charge in [0, 0.05) is 17.2 Å². The lowest BCUT2D eigenvalue weighted by molar-refractivity contribution is 0.103. The summed E-state index contributed by atoms with van der Waals surface area (Å²) >= 11 is 0. The molecule has 0 radical (unpaired) electrons. The molecule has 0 aromatic heterocycles. The van der Waals surface area contributed by atoms with E-state index in [-0.39, 0.29) is 24.2 Å². The van der Waals surface area contributed by atoms with E-state index >= 15 is 0 Å². The Morgan fingerprint density at radius 1 is 1.00 bits per heavy atom. The van der Waals surface area contributed by atoms with Gasteiger partial charge in [0.15, 0.2) is 5.78 Å². The number of halogens is 1. The molecule has 0 aliphatic carbocycles. The van der Waals surface area contributed by atoms with E-state index in [9.17, 15) is 4.79 Å². The monoisotopic (exact) mass is 261 g/mol. The van der Waals surface area contributed by atoms with Crippen molar-refractivity contribution in [2.45, 2.75) is 13.0 Å². The fourth-order valence-corrected chi connectivity index (χ4v) is 1.72. The SMILES string of the molecule is C[C@@H](N)c1cccc(C(=O)c2ccccc2)c1.Cl. The summed E-state index contributed by atoms with van der Waals surface area (Å²) in [4.78, 5) is 12.2. The Morgan fingerprint density at radius 2 is 1.61 bits per heavy atom. The van der Waals surface area contributed by atoms with Crippen molar-refractivity contribution in [1.29, 1.82) is 0 Å². The van der Waals surface area contributed by atoms with Gasteiger partial charge in [0.1, 0.15) is 0 Å². The average Bonchev–Trinajstić information content (AvgIpc) is 2.39. The molecule has 0 saturated carbocycles. The summed E-state index contributed by atoms with van der Waals surface area (Å²) in [6, 6.07) is 16.7. The Hall–Kier alpha value is -1.64. The maximum absolute atomic E-state index is 12.2. The first-order chi connectivity index (χ1) is 8.18. The lowest BCUT2D eigenvalue weighted by Gasteiger charge is -2.07. The standard InChI is InChI=1S/C15H15NO.ClH/c1-11(16)13-8-5-9-14(10-13)15(17)12-6-3-2-4-7-12;/h2-11H,16H2,1H3;1H/t11-;/m1./s1. The van der Waals surface area contributed by atoms with Gasteiger partial charge in [-0.1, -0.05) is 48.5 Å². The van der Waals surface area contributed by atoms with Gasteiger partial charge in [-0.05, 0) is 18.6 Å². The smallest absolute Gasteiger partial charge is 0.193 e. The lowest BCUT2D eigenvalue weighted by Crippen LogP contribution is -2.07. The molecule has 0 heterocycles. The Balaban J connectivity index is 0.00000162. The second kappa shape index (κ2) is 6.34. The zero-order valence-electron chi connectivity index (χ0n) is 10.2. The Labute approximate surface area is 113 Å². The Kier molecular flexibility index (Phi) is 5.08. The molecule has 0 fully saturated rings. The molecule has 94 valence electrons. The zero-order chi connectivity index (χ0) is 12.3. The third kappa shape index (κ3) is 3.19. The van der Waals surface area contributed by atoms with Gasteiger partial charge in [-0.3, -0.25) is 4.79 Å². The highest BCUT2D eigenvalue weighted by atomic mass is 35.5. The maximum atomic E-state index is 12.2. The van der Waals surface area contributed by atoms with Crippen LogP contribution >= 0.6 is 12.4 Å². The van der Waals surface area contributed by atoms with E-state index in [4.69, 9.17) is 5.73 Å². The number of carbonyl (C=O) groups excluding carboxylic acids is 1. The van der Waals surface area contributed by atoms with E-state index in [0.29, 0.717) is 11.1 Å². The van der Waals surface area contributed by atoms with Crippen LogP contribution in [0, 0.1) is 0 Å². The molecule has 0 unspecified atom stereocenters. The fourth-order valence-electron chi connectivity index (χ4n) is 1.72. The molecule has 3 heteroatoms. The second-order valence-electron chi connectivity index (χ2n) is 4.11. The minimum absolute atomic E-state index is 0. The van der Waals surface area contributed by atoms with Crippen LogP contribution in [0.25, 0.3) is 0 Å². The lowest BCUT2D eigenvalue weighted by atomic mass is 9.99. The number of benzene rings is 2. The number of carbonyl (C=O) groups is 1. The van der Waals surface area contributed by atoms with Crippen LogP contribution in [0.4, 0.5) is 0 Å². The van der Waals surface area contributed by atoms with Crippen LogP contribution in [0.3, 0.4) is 0 Å².